The molecule has 3 rings (SSSR count). The number of ether oxygens (including phenoxy) is 2. The van der Waals surface area contributed by atoms with Gasteiger partial charge < -0.3 is 14.8 Å². The van der Waals surface area contributed by atoms with Gasteiger partial charge in [0.05, 0.1) is 12.2 Å². The van der Waals surface area contributed by atoms with E-state index in [2.05, 4.69) is 25.6 Å². The number of unbranched alkanes of at least 4 members (excludes halogenated alkanes) is 1. The predicted octanol–water partition coefficient (Wildman–Crippen LogP) is 2.91. The lowest BCUT2D eigenvalue weighted by atomic mass is 9.95. The van der Waals surface area contributed by atoms with E-state index in [0.717, 1.165) is 12.8 Å². The minimum Gasteiger partial charge on any atom is -0.462 e. The number of benzene rings is 1. The van der Waals surface area contributed by atoms with Crippen molar-refractivity contribution in [2.75, 3.05) is 11.9 Å². The van der Waals surface area contributed by atoms with Gasteiger partial charge in [-0.25, -0.2) is 4.79 Å². The smallest absolute Gasteiger partial charge is 0.387 e. The van der Waals surface area contributed by atoms with Gasteiger partial charge in [-0.1, -0.05) is 36.6 Å². The Morgan fingerprint density at radius 2 is 2.15 bits per heavy atom. The number of hydrogen-bond donors (Lipinski definition) is 1. The normalized spacial score (nSPS) is 16.1. The number of alkyl halides is 2. The van der Waals surface area contributed by atoms with Gasteiger partial charge in [0.15, 0.2) is 0 Å². The number of tetrazole rings is 1. The zero-order valence-corrected chi connectivity index (χ0v) is 14.9. The third-order valence-electron chi connectivity index (χ3n) is 4.09. The Bertz CT molecular complexity index is 853. The van der Waals surface area contributed by atoms with Crippen LogP contribution in [-0.2, 0) is 9.53 Å². The molecule has 0 amide bonds. The first kappa shape index (κ1) is 18.7. The molecule has 1 aromatic carbocycles. The molecule has 27 heavy (non-hydrogen) atoms. The zero-order valence-electron chi connectivity index (χ0n) is 14.9. The van der Waals surface area contributed by atoms with Crippen LogP contribution >= 0.6 is 0 Å². The van der Waals surface area contributed by atoms with Crippen molar-refractivity contribution in [3.63, 3.8) is 0 Å². The summed E-state index contributed by atoms with van der Waals surface area (Å²) in [5.41, 5.74) is 1.04. The Morgan fingerprint density at radius 1 is 1.37 bits per heavy atom. The molecule has 0 radical (unpaired) electrons. The summed E-state index contributed by atoms with van der Waals surface area (Å²) in [6.07, 6.45) is 1.59. The molecule has 1 aliphatic rings. The fraction of sp³-hybridized carbons (Fsp3) is 0.412. The standard InChI is InChI=1S/C17H19F2N5O3/c1-3-4-9-26-15(25)13-10(2)20-17-21-22-23-24(17)14(13)11-7-5-6-8-12(11)27-16(18)19/h5-8,14,16H,3-4,9H2,1-2H3,(H,20,21,23)/t14-/m1/s1. The van der Waals surface area contributed by atoms with E-state index in [4.69, 9.17) is 4.74 Å². The molecule has 0 saturated heterocycles. The second kappa shape index (κ2) is 8.11. The molecule has 2 heterocycles. The predicted molar refractivity (Wildman–Crippen MR) is 91.2 cm³/mol. The van der Waals surface area contributed by atoms with Crippen molar-refractivity contribution < 1.29 is 23.0 Å². The van der Waals surface area contributed by atoms with E-state index in [-0.39, 0.29) is 23.9 Å². The van der Waals surface area contributed by atoms with E-state index in [0.29, 0.717) is 11.3 Å². The molecule has 0 bridgehead atoms. The van der Waals surface area contributed by atoms with Gasteiger partial charge in [0.1, 0.15) is 11.8 Å². The number of carbonyl (C=O) groups is 1. The van der Waals surface area contributed by atoms with Crippen LogP contribution < -0.4 is 10.1 Å². The van der Waals surface area contributed by atoms with E-state index in [1.165, 1.54) is 10.7 Å². The number of carbonyl (C=O) groups excluding carboxylic acids is 1. The van der Waals surface area contributed by atoms with Gasteiger partial charge in [0.2, 0.25) is 5.95 Å². The van der Waals surface area contributed by atoms with Crippen molar-refractivity contribution in [2.45, 2.75) is 39.3 Å². The van der Waals surface area contributed by atoms with Crippen LogP contribution in [0.15, 0.2) is 35.5 Å². The number of hydrogen-bond acceptors (Lipinski definition) is 7. The molecular formula is C17H19F2N5O3. The molecule has 1 aromatic heterocycles. The molecule has 10 heteroatoms. The number of allylic oxidation sites excluding steroid dienone is 1. The van der Waals surface area contributed by atoms with E-state index >= 15 is 0 Å². The maximum atomic E-state index is 12.9. The molecular weight excluding hydrogens is 360 g/mol. The molecule has 1 atom stereocenters. The van der Waals surface area contributed by atoms with Crippen LogP contribution in [0.4, 0.5) is 14.7 Å². The third kappa shape index (κ3) is 3.88. The molecule has 8 nitrogen and oxygen atoms in total. The Hall–Kier alpha value is -3.04. The monoisotopic (exact) mass is 379 g/mol. The minimum absolute atomic E-state index is 0.0625. The highest BCUT2D eigenvalue weighted by molar-refractivity contribution is 5.92. The van der Waals surface area contributed by atoms with Crippen LogP contribution in [0.5, 0.6) is 5.75 Å². The van der Waals surface area contributed by atoms with Gasteiger partial charge in [-0.2, -0.15) is 13.5 Å². The van der Waals surface area contributed by atoms with Crippen molar-refractivity contribution in [1.82, 2.24) is 20.2 Å². The average Bonchev–Trinajstić information content (AvgIpc) is 3.08. The molecule has 0 unspecified atom stereocenters. The van der Waals surface area contributed by atoms with Gasteiger partial charge in [0, 0.05) is 11.3 Å². The van der Waals surface area contributed by atoms with Crippen molar-refractivity contribution in [3.05, 3.63) is 41.1 Å². The second-order valence-corrected chi connectivity index (χ2v) is 5.92. The molecule has 0 aliphatic carbocycles. The molecule has 144 valence electrons. The van der Waals surface area contributed by atoms with Gasteiger partial charge in [-0.05, 0) is 29.8 Å². The largest absolute Gasteiger partial charge is 0.462 e. The average molecular weight is 379 g/mol. The SMILES string of the molecule is CCCCOC(=O)C1=C(C)Nc2nnnn2[C@@H]1c1ccccc1OC(F)F. The zero-order chi connectivity index (χ0) is 19.4. The Balaban J connectivity index is 2.06. The van der Waals surface area contributed by atoms with Gasteiger partial charge in [0.25, 0.3) is 0 Å². The summed E-state index contributed by atoms with van der Waals surface area (Å²) in [6, 6.07) is 5.36. The van der Waals surface area contributed by atoms with E-state index in [1.807, 2.05) is 6.92 Å². The number of para-hydroxylation sites is 1. The van der Waals surface area contributed by atoms with Crippen molar-refractivity contribution >= 4 is 11.9 Å². The Morgan fingerprint density at radius 3 is 2.89 bits per heavy atom. The quantitative estimate of drug-likeness (QED) is 0.584. The second-order valence-electron chi connectivity index (χ2n) is 5.92. The van der Waals surface area contributed by atoms with E-state index in [1.54, 1.807) is 25.1 Å². The summed E-state index contributed by atoms with van der Waals surface area (Å²) in [4.78, 5) is 12.7. The lowest BCUT2D eigenvalue weighted by Gasteiger charge is -2.28. The van der Waals surface area contributed by atoms with Crippen LogP contribution in [0.3, 0.4) is 0 Å². The van der Waals surface area contributed by atoms with Crippen LogP contribution in [0.2, 0.25) is 0 Å². The summed E-state index contributed by atoms with van der Waals surface area (Å²) in [7, 11) is 0. The first-order chi connectivity index (χ1) is 13.0. The molecule has 1 aliphatic heterocycles. The van der Waals surface area contributed by atoms with E-state index in [9.17, 15) is 13.6 Å². The van der Waals surface area contributed by atoms with E-state index < -0.39 is 18.6 Å². The Labute approximate surface area is 154 Å². The first-order valence-corrected chi connectivity index (χ1v) is 8.49. The number of fused-ring (bicyclic) bond motifs is 1. The number of esters is 1. The Kier molecular flexibility index (Phi) is 5.63. The fourth-order valence-electron chi connectivity index (χ4n) is 2.86. The summed E-state index contributed by atoms with van der Waals surface area (Å²) in [6.45, 7) is 0.912. The lowest BCUT2D eigenvalue weighted by molar-refractivity contribution is -0.139. The lowest BCUT2D eigenvalue weighted by Crippen LogP contribution is -2.30. The highest BCUT2D eigenvalue weighted by Gasteiger charge is 2.36. The summed E-state index contributed by atoms with van der Waals surface area (Å²) in [5.74, 6) is -0.339. The van der Waals surface area contributed by atoms with Crippen LogP contribution in [0, 0.1) is 0 Å². The summed E-state index contributed by atoms with van der Waals surface area (Å²) in [5, 5.41) is 14.3. The molecule has 2 aromatic rings. The highest BCUT2D eigenvalue weighted by Crippen LogP contribution is 2.39. The number of halogens is 2. The number of nitrogens with one attached hydrogen (secondary N) is 1. The number of rotatable bonds is 7. The number of anilines is 1. The maximum Gasteiger partial charge on any atom is 0.387 e. The maximum absolute atomic E-state index is 12.9. The number of nitrogens with zero attached hydrogens (tertiary/aromatic N) is 4. The molecule has 1 N–H and O–H groups in total. The third-order valence-corrected chi connectivity index (χ3v) is 4.09. The minimum atomic E-state index is -3.01. The van der Waals surface area contributed by atoms with Crippen LogP contribution in [0.25, 0.3) is 0 Å². The van der Waals surface area contributed by atoms with Crippen molar-refractivity contribution in [2.24, 2.45) is 0 Å². The van der Waals surface area contributed by atoms with Gasteiger partial charge in [-0.3, -0.25) is 0 Å². The van der Waals surface area contributed by atoms with Crippen LogP contribution in [0.1, 0.15) is 38.3 Å². The van der Waals surface area contributed by atoms with Gasteiger partial charge in [-0.15, -0.1) is 0 Å². The molecule has 0 saturated carbocycles. The fourth-order valence-corrected chi connectivity index (χ4v) is 2.86. The highest BCUT2D eigenvalue weighted by atomic mass is 19.3. The van der Waals surface area contributed by atoms with Crippen LogP contribution in [-0.4, -0.2) is 39.4 Å². The van der Waals surface area contributed by atoms with Gasteiger partial charge >= 0.3 is 12.6 Å². The topological polar surface area (TPSA) is 91.2 Å². The van der Waals surface area contributed by atoms with Crippen molar-refractivity contribution in [1.29, 1.82) is 0 Å². The first-order valence-electron chi connectivity index (χ1n) is 8.49. The summed E-state index contributed by atoms with van der Waals surface area (Å²) < 4.78 is 37.0. The number of aromatic nitrogens is 4. The molecule has 0 fully saturated rings. The van der Waals surface area contributed by atoms with Crippen molar-refractivity contribution in [3.8, 4) is 5.75 Å². The molecule has 0 spiro atoms. The summed E-state index contributed by atoms with van der Waals surface area (Å²) >= 11 is 0.